The summed E-state index contributed by atoms with van der Waals surface area (Å²) in [5.41, 5.74) is 0.361. The van der Waals surface area contributed by atoms with Crippen molar-refractivity contribution in [2.24, 2.45) is 5.92 Å². The third kappa shape index (κ3) is 4.04. The Kier molecular flexibility index (Phi) is 5.10. The van der Waals surface area contributed by atoms with E-state index in [2.05, 4.69) is 36.6 Å². The van der Waals surface area contributed by atoms with E-state index in [1.165, 1.54) is 4.90 Å². The highest BCUT2D eigenvalue weighted by Crippen LogP contribution is 2.41. The third-order valence-corrected chi connectivity index (χ3v) is 4.73. The van der Waals surface area contributed by atoms with Crippen LogP contribution in [0.5, 0.6) is 5.75 Å². The molecule has 0 aromatic heterocycles. The predicted octanol–water partition coefficient (Wildman–Crippen LogP) is 4.75. The number of ether oxygens (including phenoxy) is 1. The van der Waals surface area contributed by atoms with Gasteiger partial charge in [0.05, 0.1) is 10.7 Å². The van der Waals surface area contributed by atoms with Crippen molar-refractivity contribution < 1.29 is 22.7 Å². The molecule has 1 saturated heterocycles. The maximum absolute atomic E-state index is 12.2. The van der Waals surface area contributed by atoms with Crippen molar-refractivity contribution in [2.45, 2.75) is 12.8 Å². The number of carbonyl (C=O) groups is 1. The second kappa shape index (κ2) is 6.34. The number of hydrogen-bond acceptors (Lipinski definition) is 2. The van der Waals surface area contributed by atoms with E-state index in [0.717, 1.165) is 12.1 Å². The molecule has 0 radical (unpaired) electrons. The third-order valence-electron chi connectivity index (χ3n) is 2.92. The zero-order valence-electron chi connectivity index (χ0n) is 10.4. The van der Waals surface area contributed by atoms with E-state index in [1.807, 2.05) is 0 Å². The smallest absolute Gasteiger partial charge is 0.406 e. The number of halogens is 6. The number of anilines is 1. The molecule has 1 amide bonds. The molecule has 0 N–H and O–H groups in total. The number of carbonyl (C=O) groups excluding carboxylic acids is 1. The normalized spacial score (nSPS) is 19.2. The van der Waals surface area contributed by atoms with Crippen molar-refractivity contribution in [1.29, 1.82) is 0 Å². The molecule has 0 aliphatic carbocycles. The summed E-state index contributed by atoms with van der Waals surface area (Å²) < 4.78 is 40.7. The van der Waals surface area contributed by atoms with Gasteiger partial charge in [0.2, 0.25) is 5.91 Å². The standard InChI is InChI=1S/C12H9Br2ClF3NO2/c13-4-6-1-10(20)19(5-6)11-8(14)2-7(3-9(11)15)21-12(16,17)18/h2-3,6H,1,4-5H2. The van der Waals surface area contributed by atoms with Crippen molar-refractivity contribution in [3.8, 4) is 5.75 Å². The fraction of sp³-hybridized carbons (Fsp3) is 0.417. The van der Waals surface area contributed by atoms with Gasteiger partial charge in [0.15, 0.2) is 0 Å². The Bertz CT molecular complexity index is 545. The van der Waals surface area contributed by atoms with E-state index in [4.69, 9.17) is 11.6 Å². The molecule has 1 heterocycles. The summed E-state index contributed by atoms with van der Waals surface area (Å²) >= 11 is 12.5. The summed E-state index contributed by atoms with van der Waals surface area (Å²) in [4.78, 5) is 13.4. The summed E-state index contributed by atoms with van der Waals surface area (Å²) in [5.74, 6) is -0.412. The van der Waals surface area contributed by atoms with Crippen LogP contribution in [-0.4, -0.2) is 24.1 Å². The number of amides is 1. The molecule has 1 unspecified atom stereocenters. The lowest BCUT2D eigenvalue weighted by atomic mass is 10.2. The molecule has 21 heavy (non-hydrogen) atoms. The molecular formula is C12H9Br2ClF3NO2. The van der Waals surface area contributed by atoms with E-state index < -0.39 is 12.1 Å². The Balaban J connectivity index is 2.32. The van der Waals surface area contributed by atoms with Gasteiger partial charge in [-0.1, -0.05) is 27.5 Å². The fourth-order valence-electron chi connectivity index (χ4n) is 2.09. The number of rotatable bonds is 3. The van der Waals surface area contributed by atoms with Crippen molar-refractivity contribution in [1.82, 2.24) is 0 Å². The van der Waals surface area contributed by atoms with Gasteiger partial charge in [-0.2, -0.15) is 0 Å². The molecule has 2 rings (SSSR count). The molecule has 0 spiro atoms. The quantitative estimate of drug-likeness (QED) is 0.621. The number of hydrogen-bond donors (Lipinski definition) is 0. The lowest BCUT2D eigenvalue weighted by Crippen LogP contribution is -2.25. The Morgan fingerprint density at radius 2 is 2.10 bits per heavy atom. The maximum Gasteiger partial charge on any atom is 0.573 e. The number of alkyl halides is 4. The molecule has 1 fully saturated rings. The van der Waals surface area contributed by atoms with Gasteiger partial charge < -0.3 is 9.64 Å². The van der Waals surface area contributed by atoms with Gasteiger partial charge in [-0.15, -0.1) is 13.2 Å². The minimum atomic E-state index is -4.80. The second-order valence-corrected chi connectivity index (χ2v) is 6.42. The van der Waals surface area contributed by atoms with Crippen LogP contribution >= 0.6 is 43.5 Å². The van der Waals surface area contributed by atoms with E-state index in [9.17, 15) is 18.0 Å². The molecule has 1 aromatic rings. The van der Waals surface area contributed by atoms with Gasteiger partial charge in [-0.25, -0.2) is 0 Å². The first-order chi connectivity index (χ1) is 9.71. The van der Waals surface area contributed by atoms with E-state index in [0.29, 0.717) is 24.0 Å². The lowest BCUT2D eigenvalue weighted by molar-refractivity contribution is -0.274. The van der Waals surface area contributed by atoms with Gasteiger partial charge in [-0.3, -0.25) is 4.79 Å². The van der Waals surface area contributed by atoms with Crippen LogP contribution in [0.3, 0.4) is 0 Å². The first-order valence-corrected chi connectivity index (χ1v) is 8.11. The molecule has 0 bridgehead atoms. The summed E-state index contributed by atoms with van der Waals surface area (Å²) in [7, 11) is 0. The lowest BCUT2D eigenvalue weighted by Gasteiger charge is -2.21. The first kappa shape index (κ1) is 16.9. The van der Waals surface area contributed by atoms with Crippen LogP contribution in [0.25, 0.3) is 0 Å². The van der Waals surface area contributed by atoms with Gasteiger partial charge >= 0.3 is 6.36 Å². The topological polar surface area (TPSA) is 29.5 Å². The maximum atomic E-state index is 12.2. The molecular weight excluding hydrogens is 442 g/mol. The molecule has 9 heteroatoms. The Morgan fingerprint density at radius 3 is 2.57 bits per heavy atom. The summed E-state index contributed by atoms with van der Waals surface area (Å²) in [5, 5.41) is 0.687. The highest BCUT2D eigenvalue weighted by atomic mass is 79.9. The van der Waals surface area contributed by atoms with Gasteiger partial charge in [0.25, 0.3) is 0 Å². The zero-order chi connectivity index (χ0) is 15.8. The van der Waals surface area contributed by atoms with E-state index >= 15 is 0 Å². The van der Waals surface area contributed by atoms with Crippen molar-refractivity contribution >= 4 is 55.1 Å². The first-order valence-electron chi connectivity index (χ1n) is 5.82. The van der Waals surface area contributed by atoms with Crippen molar-refractivity contribution in [3.63, 3.8) is 0 Å². The number of benzene rings is 1. The monoisotopic (exact) mass is 449 g/mol. The molecule has 1 aliphatic heterocycles. The summed E-state index contributed by atoms with van der Waals surface area (Å²) in [6.45, 7) is 0.460. The average Bonchev–Trinajstić information content (AvgIpc) is 2.68. The molecule has 0 saturated carbocycles. The SMILES string of the molecule is O=C1CC(CBr)CN1c1c(Cl)cc(OC(F)(F)F)cc1Br. The van der Waals surface area contributed by atoms with Crippen LogP contribution in [0.1, 0.15) is 6.42 Å². The number of nitrogens with zero attached hydrogens (tertiary/aromatic N) is 1. The largest absolute Gasteiger partial charge is 0.573 e. The fourth-order valence-corrected chi connectivity index (χ4v) is 3.61. The Morgan fingerprint density at radius 1 is 1.43 bits per heavy atom. The van der Waals surface area contributed by atoms with Crippen LogP contribution in [0.2, 0.25) is 5.02 Å². The van der Waals surface area contributed by atoms with Crippen molar-refractivity contribution in [3.05, 3.63) is 21.6 Å². The summed E-state index contributed by atoms with van der Waals surface area (Å²) in [6.07, 6.45) is -4.43. The van der Waals surface area contributed by atoms with Gasteiger partial charge in [-0.05, 0) is 27.9 Å². The molecule has 1 atom stereocenters. The van der Waals surface area contributed by atoms with Gasteiger partial charge in [0, 0.05) is 28.8 Å². The van der Waals surface area contributed by atoms with Crippen LogP contribution in [0.4, 0.5) is 18.9 Å². The van der Waals surface area contributed by atoms with Crippen LogP contribution < -0.4 is 9.64 Å². The summed E-state index contributed by atoms with van der Waals surface area (Å²) in [6, 6.07) is 2.19. The molecule has 3 nitrogen and oxygen atoms in total. The Labute approximate surface area is 140 Å². The minimum Gasteiger partial charge on any atom is -0.406 e. The predicted molar refractivity (Wildman–Crippen MR) is 80.1 cm³/mol. The van der Waals surface area contributed by atoms with Crippen molar-refractivity contribution in [2.75, 3.05) is 16.8 Å². The zero-order valence-corrected chi connectivity index (χ0v) is 14.3. The average molecular weight is 451 g/mol. The van der Waals surface area contributed by atoms with Crippen LogP contribution in [0, 0.1) is 5.92 Å². The molecule has 1 aromatic carbocycles. The Hall–Kier alpha value is -0.470. The van der Waals surface area contributed by atoms with Gasteiger partial charge in [0.1, 0.15) is 5.75 Å². The highest BCUT2D eigenvalue weighted by molar-refractivity contribution is 9.10. The second-order valence-electron chi connectivity index (χ2n) is 4.51. The molecule has 1 aliphatic rings. The minimum absolute atomic E-state index is 0.0206. The molecule has 116 valence electrons. The van der Waals surface area contributed by atoms with Crippen LogP contribution in [0.15, 0.2) is 16.6 Å². The van der Waals surface area contributed by atoms with E-state index in [1.54, 1.807) is 0 Å². The van der Waals surface area contributed by atoms with E-state index in [-0.39, 0.29) is 21.3 Å². The van der Waals surface area contributed by atoms with Crippen LogP contribution in [-0.2, 0) is 4.79 Å². The highest BCUT2D eigenvalue weighted by Gasteiger charge is 2.34.